The van der Waals surface area contributed by atoms with Crippen LogP contribution in [0.15, 0.2) is 65.8 Å². The minimum atomic E-state index is -1.34. The molecule has 1 fully saturated rings. The molecule has 10 nitrogen and oxygen atoms in total. The van der Waals surface area contributed by atoms with E-state index in [9.17, 15) is 19.1 Å². The van der Waals surface area contributed by atoms with Gasteiger partial charge in [-0.15, -0.1) is 0 Å². The van der Waals surface area contributed by atoms with Gasteiger partial charge in [0.25, 0.3) is 0 Å². The van der Waals surface area contributed by atoms with Crippen LogP contribution in [0, 0.1) is 11.6 Å². The van der Waals surface area contributed by atoms with Crippen molar-refractivity contribution in [3.05, 3.63) is 105 Å². The van der Waals surface area contributed by atoms with Gasteiger partial charge in [0.2, 0.25) is 5.43 Å². The zero-order chi connectivity index (χ0) is 33.7. The first kappa shape index (κ1) is 31.4. The first-order valence-corrected chi connectivity index (χ1v) is 15.7. The molecule has 5 aromatic rings. The number of carbonyl (C=O) groups is 1. The number of ether oxygens (including phenoxy) is 1. The molecule has 0 saturated carbocycles. The Morgan fingerprint density at radius 1 is 1.08 bits per heavy atom. The molecule has 1 atom stereocenters. The number of pyridine rings is 3. The third kappa shape index (κ3) is 5.26. The standard InChI is InChI=1S/C36H34F2N6O4/c1-39-27-15-26(37)32(38)30-22(27)14-28-31(30)33(43-9-11-48-12-10-43)24(17-40-28)21-13-23-34(45)25(36(46)47)18-44(35(23)41-16-21)19-29(42(2)3)20-7-5-4-6-8-20/h4-8,13,15-18,29,39H,9-12,14,19H2,1-3H3,(H,46,47). The van der Waals surface area contributed by atoms with E-state index in [2.05, 4.69) is 10.2 Å². The third-order valence-electron chi connectivity index (χ3n) is 9.28. The van der Waals surface area contributed by atoms with Crippen molar-refractivity contribution in [3.8, 4) is 22.3 Å². The maximum absolute atomic E-state index is 15.7. The SMILES string of the molecule is CNc1cc(F)c(F)c2c1Cc1ncc(-c3cnc4c(c3)c(=O)c(C(=O)O)cn4CC(c3ccccc3)N(C)C)c(N3CCOCC3)c1-2. The number of likely N-dealkylation sites (N-methyl/N-ethyl adjacent to an activating group) is 1. The van der Waals surface area contributed by atoms with Crippen LogP contribution in [0.2, 0.25) is 0 Å². The molecule has 1 aliphatic heterocycles. The summed E-state index contributed by atoms with van der Waals surface area (Å²) < 4.78 is 38.0. The lowest BCUT2D eigenvalue weighted by Gasteiger charge is -2.32. The molecule has 0 spiro atoms. The number of carboxylic acid groups (broad SMARTS) is 1. The molecule has 0 radical (unpaired) electrons. The van der Waals surface area contributed by atoms with Gasteiger partial charge in [-0.2, -0.15) is 0 Å². The number of hydrogen-bond acceptors (Lipinski definition) is 8. The highest BCUT2D eigenvalue weighted by Crippen LogP contribution is 2.50. The van der Waals surface area contributed by atoms with Crippen LogP contribution in [0.1, 0.15) is 33.2 Å². The molecule has 1 saturated heterocycles. The van der Waals surface area contributed by atoms with Gasteiger partial charge in [-0.3, -0.25) is 9.78 Å². The molecule has 246 valence electrons. The molecule has 2 aromatic carbocycles. The number of aromatic carboxylic acids is 1. The number of carboxylic acids is 1. The van der Waals surface area contributed by atoms with Crippen LogP contribution in [-0.2, 0) is 17.7 Å². The van der Waals surface area contributed by atoms with Gasteiger partial charge in [0.1, 0.15) is 11.2 Å². The number of nitrogens with zero attached hydrogens (tertiary/aromatic N) is 5. The molecule has 3 aromatic heterocycles. The minimum Gasteiger partial charge on any atom is -0.477 e. The lowest BCUT2D eigenvalue weighted by molar-refractivity contribution is 0.0694. The number of hydrogen-bond donors (Lipinski definition) is 2. The second-order valence-corrected chi connectivity index (χ2v) is 12.3. The van der Waals surface area contributed by atoms with Crippen molar-refractivity contribution < 1.29 is 23.4 Å². The van der Waals surface area contributed by atoms with Crippen LogP contribution in [0.5, 0.6) is 0 Å². The maximum atomic E-state index is 15.7. The van der Waals surface area contributed by atoms with Gasteiger partial charge in [0.15, 0.2) is 11.6 Å². The molecule has 4 heterocycles. The summed E-state index contributed by atoms with van der Waals surface area (Å²) in [6, 6.07) is 12.5. The van der Waals surface area contributed by atoms with Crippen LogP contribution in [0.25, 0.3) is 33.3 Å². The van der Waals surface area contributed by atoms with E-state index in [1.807, 2.05) is 49.3 Å². The van der Waals surface area contributed by atoms with Crippen molar-refractivity contribution in [1.29, 1.82) is 0 Å². The number of fused-ring (bicyclic) bond motifs is 4. The highest BCUT2D eigenvalue weighted by Gasteiger charge is 2.34. The molecular formula is C36H34F2N6O4. The van der Waals surface area contributed by atoms with E-state index in [0.717, 1.165) is 11.6 Å². The summed E-state index contributed by atoms with van der Waals surface area (Å²) in [5.74, 6) is -3.26. The van der Waals surface area contributed by atoms with E-state index in [-0.39, 0.29) is 22.6 Å². The average molecular weight is 653 g/mol. The normalized spacial score (nSPS) is 14.7. The summed E-state index contributed by atoms with van der Waals surface area (Å²) in [5.41, 5.74) is 4.37. The molecule has 7 rings (SSSR count). The van der Waals surface area contributed by atoms with E-state index in [1.54, 1.807) is 30.1 Å². The molecule has 12 heteroatoms. The minimum absolute atomic E-state index is 0.126. The Hall–Kier alpha value is -5.20. The van der Waals surface area contributed by atoms with Gasteiger partial charge in [-0.25, -0.2) is 18.6 Å². The number of aromatic nitrogens is 3. The van der Waals surface area contributed by atoms with Crippen molar-refractivity contribution in [2.75, 3.05) is 57.7 Å². The van der Waals surface area contributed by atoms with E-state index in [1.165, 1.54) is 6.20 Å². The van der Waals surface area contributed by atoms with Crippen LogP contribution < -0.4 is 15.6 Å². The number of benzene rings is 2. The topological polar surface area (TPSA) is 113 Å². The number of nitrogens with one attached hydrogen (secondary N) is 1. The summed E-state index contributed by atoms with van der Waals surface area (Å²) >= 11 is 0. The summed E-state index contributed by atoms with van der Waals surface area (Å²) in [7, 11) is 5.54. The Bertz CT molecular complexity index is 2130. The number of halogens is 2. The van der Waals surface area contributed by atoms with Gasteiger partial charge in [0.05, 0.1) is 36.0 Å². The summed E-state index contributed by atoms with van der Waals surface area (Å²) in [6.45, 7) is 2.20. The van der Waals surface area contributed by atoms with Crippen LogP contribution in [0.3, 0.4) is 0 Å². The van der Waals surface area contributed by atoms with E-state index in [0.29, 0.717) is 84.2 Å². The van der Waals surface area contributed by atoms with E-state index < -0.39 is 23.0 Å². The number of anilines is 2. The Labute approximate surface area is 275 Å². The number of morpholine rings is 1. The Morgan fingerprint density at radius 3 is 2.52 bits per heavy atom. The largest absolute Gasteiger partial charge is 0.477 e. The lowest BCUT2D eigenvalue weighted by Crippen LogP contribution is -2.37. The zero-order valence-electron chi connectivity index (χ0n) is 26.8. The second-order valence-electron chi connectivity index (χ2n) is 12.3. The fraction of sp³-hybridized carbons (Fsp3) is 0.278. The highest BCUT2D eigenvalue weighted by atomic mass is 19.2. The van der Waals surface area contributed by atoms with Gasteiger partial charge in [-0.1, -0.05) is 30.3 Å². The van der Waals surface area contributed by atoms with Gasteiger partial charge in [0, 0.05) is 85.7 Å². The summed E-state index contributed by atoms with van der Waals surface area (Å²) in [5, 5.41) is 13.2. The molecular weight excluding hydrogens is 618 g/mol. The molecule has 2 N–H and O–H groups in total. The third-order valence-corrected chi connectivity index (χ3v) is 9.28. The van der Waals surface area contributed by atoms with Crippen molar-refractivity contribution in [2.24, 2.45) is 0 Å². The van der Waals surface area contributed by atoms with Crippen molar-refractivity contribution >= 4 is 28.4 Å². The molecule has 2 aliphatic rings. The van der Waals surface area contributed by atoms with Gasteiger partial charge in [-0.05, 0) is 31.3 Å². The first-order valence-electron chi connectivity index (χ1n) is 15.7. The highest BCUT2D eigenvalue weighted by molar-refractivity contribution is 5.98. The molecule has 0 amide bonds. The monoisotopic (exact) mass is 652 g/mol. The van der Waals surface area contributed by atoms with Gasteiger partial charge >= 0.3 is 5.97 Å². The molecule has 1 aliphatic carbocycles. The fourth-order valence-corrected chi connectivity index (χ4v) is 6.90. The maximum Gasteiger partial charge on any atom is 0.341 e. The van der Waals surface area contributed by atoms with Crippen LogP contribution >= 0.6 is 0 Å². The predicted molar refractivity (Wildman–Crippen MR) is 180 cm³/mol. The zero-order valence-corrected chi connectivity index (χ0v) is 26.8. The molecule has 48 heavy (non-hydrogen) atoms. The van der Waals surface area contributed by atoms with Gasteiger partial charge < -0.3 is 29.5 Å². The predicted octanol–water partition coefficient (Wildman–Crippen LogP) is 5.19. The summed E-state index contributed by atoms with van der Waals surface area (Å²) in [6.07, 6.45) is 4.95. The Morgan fingerprint density at radius 2 is 1.83 bits per heavy atom. The Kier molecular flexibility index (Phi) is 8.14. The van der Waals surface area contributed by atoms with E-state index >= 15 is 4.39 Å². The quantitative estimate of drug-likeness (QED) is 0.230. The van der Waals surface area contributed by atoms with Crippen molar-refractivity contribution in [3.63, 3.8) is 0 Å². The van der Waals surface area contributed by atoms with Crippen LogP contribution in [-0.4, -0.2) is 78.0 Å². The fourth-order valence-electron chi connectivity index (χ4n) is 6.90. The average Bonchev–Trinajstić information content (AvgIpc) is 3.49. The smallest absolute Gasteiger partial charge is 0.341 e. The second kappa shape index (κ2) is 12.4. The van der Waals surface area contributed by atoms with E-state index in [4.69, 9.17) is 14.7 Å². The van der Waals surface area contributed by atoms with Crippen molar-refractivity contribution in [1.82, 2.24) is 19.4 Å². The number of rotatable bonds is 8. The summed E-state index contributed by atoms with van der Waals surface area (Å²) in [4.78, 5) is 39.6. The van der Waals surface area contributed by atoms with Crippen molar-refractivity contribution in [2.45, 2.75) is 19.0 Å². The Balaban J connectivity index is 1.44. The first-order chi connectivity index (χ1) is 23.2. The lowest BCUT2D eigenvalue weighted by atomic mass is 9.96. The molecule has 1 unspecified atom stereocenters. The van der Waals surface area contributed by atoms with Crippen LogP contribution in [0.4, 0.5) is 20.2 Å². The molecule has 0 bridgehead atoms.